The van der Waals surface area contributed by atoms with Crippen molar-refractivity contribution in [2.24, 2.45) is 10.9 Å². The number of rotatable bonds is 7. The van der Waals surface area contributed by atoms with Crippen LogP contribution >= 0.6 is 0 Å². The smallest absolute Gasteiger partial charge is 0.191 e. The van der Waals surface area contributed by atoms with E-state index >= 15 is 0 Å². The van der Waals surface area contributed by atoms with Crippen molar-refractivity contribution in [1.29, 1.82) is 0 Å². The summed E-state index contributed by atoms with van der Waals surface area (Å²) in [7, 11) is 0. The molecule has 1 aliphatic carbocycles. The van der Waals surface area contributed by atoms with Crippen LogP contribution in [0.1, 0.15) is 43.3 Å². The molecule has 140 valence electrons. The summed E-state index contributed by atoms with van der Waals surface area (Å²) in [6.45, 7) is 7.53. The molecule has 3 N–H and O–H groups in total. The maximum atomic E-state index is 10.6. The van der Waals surface area contributed by atoms with E-state index in [2.05, 4.69) is 46.0 Å². The Morgan fingerprint density at radius 1 is 1.23 bits per heavy atom. The van der Waals surface area contributed by atoms with Gasteiger partial charge in [0.05, 0.1) is 6.54 Å². The van der Waals surface area contributed by atoms with E-state index < -0.39 is 5.60 Å². The summed E-state index contributed by atoms with van der Waals surface area (Å²) >= 11 is 0. The fraction of sp³-hybridized carbons (Fsp3) is 0.476. The minimum atomic E-state index is -1.12. The van der Waals surface area contributed by atoms with Gasteiger partial charge in [0.1, 0.15) is 17.1 Å². The number of guanidine groups is 1. The zero-order chi connectivity index (χ0) is 18.6. The summed E-state index contributed by atoms with van der Waals surface area (Å²) in [6, 6.07) is 14.3. The summed E-state index contributed by atoms with van der Waals surface area (Å²) in [5.41, 5.74) is 0.292. The van der Waals surface area contributed by atoms with Gasteiger partial charge in [-0.05, 0) is 56.7 Å². The molecule has 5 nitrogen and oxygen atoms in total. The Morgan fingerprint density at radius 3 is 2.65 bits per heavy atom. The van der Waals surface area contributed by atoms with Crippen LogP contribution in [0.4, 0.5) is 0 Å². The average molecular weight is 355 g/mol. The molecule has 1 saturated carbocycles. The van der Waals surface area contributed by atoms with Gasteiger partial charge < -0.3 is 20.2 Å². The number of hydrogen-bond donors (Lipinski definition) is 3. The van der Waals surface area contributed by atoms with Crippen LogP contribution in [0.15, 0.2) is 51.9 Å². The first-order chi connectivity index (χ1) is 12.5. The topological polar surface area (TPSA) is 69.8 Å². The Labute approximate surface area is 155 Å². The first-order valence-electron chi connectivity index (χ1n) is 9.36. The Kier molecular flexibility index (Phi) is 5.67. The van der Waals surface area contributed by atoms with Gasteiger partial charge in [-0.2, -0.15) is 0 Å². The Morgan fingerprint density at radius 2 is 2.00 bits per heavy atom. The standard InChI is InChI=1S/C21H29N3O2/c1-4-22-20(24-14-21(3,25)19-11-10-15(2)26-19)23-13-17-12-18(17)16-8-6-5-7-9-16/h5-11,17-18,25H,4,12-14H2,1-3H3,(H2,22,23,24). The van der Waals surface area contributed by atoms with E-state index in [1.165, 1.54) is 12.0 Å². The molecule has 1 aromatic carbocycles. The van der Waals surface area contributed by atoms with Crippen LogP contribution in [0.5, 0.6) is 0 Å². The van der Waals surface area contributed by atoms with Crippen LogP contribution in [-0.2, 0) is 5.60 Å². The second-order valence-corrected chi connectivity index (χ2v) is 7.27. The molecule has 0 amide bonds. The molecular weight excluding hydrogens is 326 g/mol. The first kappa shape index (κ1) is 18.5. The van der Waals surface area contributed by atoms with E-state index in [0.717, 1.165) is 24.8 Å². The van der Waals surface area contributed by atoms with E-state index in [1.807, 2.05) is 19.9 Å². The van der Waals surface area contributed by atoms with Gasteiger partial charge in [0.15, 0.2) is 5.96 Å². The van der Waals surface area contributed by atoms with Crippen molar-refractivity contribution in [2.75, 3.05) is 19.6 Å². The lowest BCUT2D eigenvalue weighted by Gasteiger charge is -2.19. The minimum Gasteiger partial charge on any atom is -0.463 e. The summed E-state index contributed by atoms with van der Waals surface area (Å²) in [4.78, 5) is 4.55. The normalized spacial score (nSPS) is 21.9. The predicted molar refractivity (Wildman–Crippen MR) is 104 cm³/mol. The number of nitrogens with one attached hydrogen (secondary N) is 2. The minimum absolute atomic E-state index is 0.238. The molecule has 3 rings (SSSR count). The van der Waals surface area contributed by atoms with Gasteiger partial charge >= 0.3 is 0 Å². The average Bonchev–Trinajstić information content (AvgIpc) is 3.28. The molecule has 3 atom stereocenters. The van der Waals surface area contributed by atoms with Crippen LogP contribution < -0.4 is 10.6 Å². The van der Waals surface area contributed by atoms with Gasteiger partial charge in [-0.25, -0.2) is 4.99 Å². The van der Waals surface area contributed by atoms with Crippen molar-refractivity contribution < 1.29 is 9.52 Å². The van der Waals surface area contributed by atoms with E-state index in [1.54, 1.807) is 13.0 Å². The molecule has 0 spiro atoms. The van der Waals surface area contributed by atoms with E-state index in [-0.39, 0.29) is 6.54 Å². The van der Waals surface area contributed by atoms with E-state index in [4.69, 9.17) is 4.42 Å². The van der Waals surface area contributed by atoms with Crippen molar-refractivity contribution >= 4 is 5.96 Å². The Bertz CT molecular complexity index is 737. The molecular formula is C21H29N3O2. The number of furan rings is 1. The van der Waals surface area contributed by atoms with Gasteiger partial charge in [-0.1, -0.05) is 30.3 Å². The van der Waals surface area contributed by atoms with Crippen LogP contribution in [-0.4, -0.2) is 30.7 Å². The van der Waals surface area contributed by atoms with Crippen molar-refractivity contribution in [1.82, 2.24) is 10.6 Å². The molecule has 5 heteroatoms. The number of hydrogen-bond acceptors (Lipinski definition) is 3. The second-order valence-electron chi connectivity index (χ2n) is 7.27. The molecule has 2 aromatic rings. The highest BCUT2D eigenvalue weighted by Gasteiger charge is 2.37. The summed E-state index contributed by atoms with van der Waals surface area (Å²) in [6.07, 6.45) is 1.21. The lowest BCUT2D eigenvalue weighted by atomic mass is 10.0. The number of aliphatic imine (C=N–C) groups is 1. The van der Waals surface area contributed by atoms with Crippen LogP contribution in [0, 0.1) is 12.8 Å². The molecule has 3 unspecified atom stereocenters. The second kappa shape index (κ2) is 7.96. The number of aliphatic hydroxyl groups is 1. The van der Waals surface area contributed by atoms with Gasteiger partial charge in [-0.3, -0.25) is 0 Å². The number of benzene rings is 1. The number of aryl methyl sites for hydroxylation is 1. The summed E-state index contributed by atoms with van der Waals surface area (Å²) in [5.74, 6) is 3.33. The predicted octanol–water partition coefficient (Wildman–Crippen LogP) is 3.15. The molecule has 1 aliphatic rings. The van der Waals surface area contributed by atoms with E-state index in [9.17, 15) is 5.11 Å². The maximum Gasteiger partial charge on any atom is 0.191 e. The fourth-order valence-corrected chi connectivity index (χ4v) is 3.19. The van der Waals surface area contributed by atoms with Crippen LogP contribution in [0.25, 0.3) is 0 Å². The lowest BCUT2D eigenvalue weighted by molar-refractivity contribution is 0.0428. The SMILES string of the molecule is CCNC(=NCC(C)(O)c1ccc(C)o1)NCC1CC1c1ccccc1. The molecule has 26 heavy (non-hydrogen) atoms. The highest BCUT2D eigenvalue weighted by molar-refractivity contribution is 5.79. The van der Waals surface area contributed by atoms with Crippen molar-refractivity contribution in [3.8, 4) is 0 Å². The molecule has 1 fully saturated rings. The van der Waals surface area contributed by atoms with Gasteiger partial charge in [0.25, 0.3) is 0 Å². The first-order valence-corrected chi connectivity index (χ1v) is 9.36. The van der Waals surface area contributed by atoms with Gasteiger partial charge in [-0.15, -0.1) is 0 Å². The van der Waals surface area contributed by atoms with Crippen molar-refractivity contribution in [3.63, 3.8) is 0 Å². The molecule has 0 bridgehead atoms. The molecule has 0 aliphatic heterocycles. The van der Waals surface area contributed by atoms with Crippen molar-refractivity contribution in [3.05, 3.63) is 59.5 Å². The van der Waals surface area contributed by atoms with E-state index in [0.29, 0.717) is 17.6 Å². The molecule has 0 radical (unpaired) electrons. The van der Waals surface area contributed by atoms with Crippen LogP contribution in [0.2, 0.25) is 0 Å². The summed E-state index contributed by atoms with van der Waals surface area (Å²) < 4.78 is 5.55. The third kappa shape index (κ3) is 4.67. The third-order valence-electron chi connectivity index (χ3n) is 4.84. The molecule has 1 aromatic heterocycles. The zero-order valence-electron chi connectivity index (χ0n) is 15.8. The Balaban J connectivity index is 1.55. The quantitative estimate of drug-likeness (QED) is 0.527. The summed E-state index contributed by atoms with van der Waals surface area (Å²) in [5, 5.41) is 17.3. The fourth-order valence-electron chi connectivity index (χ4n) is 3.19. The van der Waals surface area contributed by atoms with Crippen molar-refractivity contribution in [2.45, 2.75) is 38.7 Å². The zero-order valence-corrected chi connectivity index (χ0v) is 15.8. The Hall–Kier alpha value is -2.27. The molecule has 0 saturated heterocycles. The largest absolute Gasteiger partial charge is 0.463 e. The maximum absolute atomic E-state index is 10.6. The van der Waals surface area contributed by atoms with Gasteiger partial charge in [0, 0.05) is 13.1 Å². The lowest BCUT2D eigenvalue weighted by Crippen LogP contribution is -2.39. The van der Waals surface area contributed by atoms with Gasteiger partial charge in [0.2, 0.25) is 0 Å². The third-order valence-corrected chi connectivity index (χ3v) is 4.84. The highest BCUT2D eigenvalue weighted by Crippen LogP contribution is 2.46. The highest BCUT2D eigenvalue weighted by atomic mass is 16.4. The monoisotopic (exact) mass is 355 g/mol. The van der Waals surface area contributed by atoms with Crippen LogP contribution in [0.3, 0.4) is 0 Å². The number of nitrogens with zero attached hydrogens (tertiary/aromatic N) is 1. The molecule has 1 heterocycles.